The Kier molecular flexibility index (Phi) is 2.32. The lowest BCUT2D eigenvalue weighted by Crippen LogP contribution is -2.29. The molecular weight excluding hydrogens is 136 g/mol. The molecule has 2 heteroatoms. The molecule has 0 atom stereocenters. The Bertz CT molecular complexity index is 202. The van der Waals surface area contributed by atoms with Crippen LogP contribution in [0.15, 0.2) is 16.9 Å². The van der Waals surface area contributed by atoms with Gasteiger partial charge in [0.15, 0.2) is 0 Å². The smallest absolute Gasteiger partial charge is 0.0559 e. The zero-order valence-corrected chi connectivity index (χ0v) is 7.76. The molecule has 0 aromatic carbocycles. The second-order valence-corrected chi connectivity index (χ2v) is 3.40. The van der Waals surface area contributed by atoms with Crippen LogP contribution in [0.25, 0.3) is 0 Å². The van der Waals surface area contributed by atoms with E-state index in [-0.39, 0.29) is 0 Å². The summed E-state index contributed by atoms with van der Waals surface area (Å²) in [4.78, 5) is 6.60. The van der Waals surface area contributed by atoms with Crippen LogP contribution in [0, 0.1) is 5.92 Å². The number of hydrogen-bond donors (Lipinski definition) is 0. The van der Waals surface area contributed by atoms with E-state index in [1.54, 1.807) is 0 Å². The van der Waals surface area contributed by atoms with Gasteiger partial charge in [-0.25, -0.2) is 0 Å². The van der Waals surface area contributed by atoms with Gasteiger partial charge in [-0.1, -0.05) is 13.8 Å². The minimum atomic E-state index is 0.571. The highest BCUT2D eigenvalue weighted by Crippen LogP contribution is 2.10. The molecular formula is C9H16N2. The van der Waals surface area contributed by atoms with E-state index in [4.69, 9.17) is 0 Å². The molecule has 11 heavy (non-hydrogen) atoms. The third kappa shape index (κ3) is 1.82. The summed E-state index contributed by atoms with van der Waals surface area (Å²) in [5.74, 6) is 0.571. The topological polar surface area (TPSA) is 15.6 Å². The summed E-state index contributed by atoms with van der Waals surface area (Å²) >= 11 is 0. The average molecular weight is 152 g/mol. The van der Waals surface area contributed by atoms with Crippen LogP contribution in [0.3, 0.4) is 0 Å². The summed E-state index contributed by atoms with van der Waals surface area (Å²) in [7, 11) is 2.10. The van der Waals surface area contributed by atoms with Gasteiger partial charge >= 0.3 is 0 Å². The van der Waals surface area contributed by atoms with Gasteiger partial charge < -0.3 is 4.90 Å². The van der Waals surface area contributed by atoms with Gasteiger partial charge in [-0.2, -0.15) is 0 Å². The van der Waals surface area contributed by atoms with Gasteiger partial charge in [0.05, 0.1) is 6.54 Å². The maximum Gasteiger partial charge on any atom is 0.0559 e. The van der Waals surface area contributed by atoms with Gasteiger partial charge in [0.2, 0.25) is 0 Å². The molecule has 1 aliphatic rings. The van der Waals surface area contributed by atoms with Crippen LogP contribution in [-0.2, 0) is 0 Å². The SMILES string of the molecule is CC1=CN=C(C(C)C)CN1C. The number of allylic oxidation sites excluding steroid dienone is 1. The molecule has 0 saturated carbocycles. The maximum atomic E-state index is 4.37. The molecule has 0 spiro atoms. The molecule has 0 N–H and O–H groups in total. The first-order valence-corrected chi connectivity index (χ1v) is 4.05. The first kappa shape index (κ1) is 8.31. The van der Waals surface area contributed by atoms with Crippen molar-refractivity contribution in [3.8, 4) is 0 Å². The lowest BCUT2D eigenvalue weighted by atomic mass is 10.1. The molecule has 1 heterocycles. The van der Waals surface area contributed by atoms with Crippen LogP contribution in [0.4, 0.5) is 0 Å². The summed E-state index contributed by atoms with van der Waals surface area (Å²) in [6.45, 7) is 7.43. The summed E-state index contributed by atoms with van der Waals surface area (Å²) in [6.07, 6.45) is 1.94. The van der Waals surface area contributed by atoms with Gasteiger partial charge in [-0.05, 0) is 12.8 Å². The van der Waals surface area contributed by atoms with E-state index in [2.05, 4.69) is 37.7 Å². The second-order valence-electron chi connectivity index (χ2n) is 3.40. The fourth-order valence-corrected chi connectivity index (χ4v) is 1.02. The van der Waals surface area contributed by atoms with Gasteiger partial charge in [0.25, 0.3) is 0 Å². The fourth-order valence-electron chi connectivity index (χ4n) is 1.02. The lowest BCUT2D eigenvalue weighted by molar-refractivity contribution is 0.462. The third-order valence-corrected chi connectivity index (χ3v) is 2.08. The van der Waals surface area contributed by atoms with E-state index in [1.165, 1.54) is 11.4 Å². The van der Waals surface area contributed by atoms with Crippen LogP contribution in [0.1, 0.15) is 20.8 Å². The molecule has 0 saturated heterocycles. The minimum absolute atomic E-state index is 0.571. The number of aliphatic imine (C=N–C) groups is 1. The molecule has 0 aromatic heterocycles. The Labute approximate surface area is 68.6 Å². The number of nitrogens with zero attached hydrogens (tertiary/aromatic N) is 2. The van der Waals surface area contributed by atoms with Crippen molar-refractivity contribution in [2.24, 2.45) is 10.9 Å². The third-order valence-electron chi connectivity index (χ3n) is 2.08. The average Bonchev–Trinajstić information content (AvgIpc) is 1.94. The first-order chi connectivity index (χ1) is 5.11. The Morgan fingerprint density at radius 2 is 2.18 bits per heavy atom. The largest absolute Gasteiger partial charge is 0.371 e. The predicted molar refractivity (Wildman–Crippen MR) is 48.7 cm³/mol. The van der Waals surface area contributed by atoms with E-state index in [9.17, 15) is 0 Å². The van der Waals surface area contributed by atoms with E-state index in [0.717, 1.165) is 6.54 Å². The van der Waals surface area contributed by atoms with Crippen LogP contribution in [0.2, 0.25) is 0 Å². The van der Waals surface area contributed by atoms with Crippen LogP contribution in [0.5, 0.6) is 0 Å². The molecule has 1 aliphatic heterocycles. The molecule has 2 nitrogen and oxygen atoms in total. The number of hydrogen-bond acceptors (Lipinski definition) is 2. The van der Waals surface area contributed by atoms with Gasteiger partial charge in [0, 0.05) is 24.7 Å². The van der Waals surface area contributed by atoms with E-state index < -0.39 is 0 Å². The minimum Gasteiger partial charge on any atom is -0.371 e. The van der Waals surface area contributed by atoms with Crippen molar-refractivity contribution in [1.82, 2.24) is 4.90 Å². The highest BCUT2D eigenvalue weighted by Gasteiger charge is 2.11. The molecule has 0 radical (unpaired) electrons. The standard InChI is InChI=1S/C9H16N2/c1-7(2)9-6-11(4)8(3)5-10-9/h5,7H,6H2,1-4H3. The van der Waals surface area contributed by atoms with Crippen molar-refractivity contribution in [2.75, 3.05) is 13.6 Å². The second kappa shape index (κ2) is 3.07. The molecule has 0 bridgehead atoms. The fraction of sp³-hybridized carbons (Fsp3) is 0.667. The lowest BCUT2D eigenvalue weighted by Gasteiger charge is -2.25. The normalized spacial score (nSPS) is 18.5. The van der Waals surface area contributed by atoms with E-state index in [0.29, 0.717) is 5.92 Å². The van der Waals surface area contributed by atoms with Crippen molar-refractivity contribution >= 4 is 5.71 Å². The molecule has 0 unspecified atom stereocenters. The maximum absolute atomic E-state index is 4.37. The van der Waals surface area contributed by atoms with Crippen LogP contribution >= 0.6 is 0 Å². The molecule has 0 amide bonds. The monoisotopic (exact) mass is 152 g/mol. The molecule has 0 aromatic rings. The first-order valence-electron chi connectivity index (χ1n) is 4.05. The van der Waals surface area contributed by atoms with E-state index in [1.807, 2.05) is 6.20 Å². The molecule has 62 valence electrons. The summed E-state index contributed by atoms with van der Waals surface area (Å²) in [5.41, 5.74) is 2.52. The molecule has 1 rings (SSSR count). The summed E-state index contributed by atoms with van der Waals surface area (Å²) in [6, 6.07) is 0. The van der Waals surface area contributed by atoms with Crippen LogP contribution < -0.4 is 0 Å². The van der Waals surface area contributed by atoms with Crippen molar-refractivity contribution in [1.29, 1.82) is 0 Å². The van der Waals surface area contributed by atoms with Crippen molar-refractivity contribution in [3.63, 3.8) is 0 Å². The quantitative estimate of drug-likeness (QED) is 0.560. The van der Waals surface area contributed by atoms with Gasteiger partial charge in [0.1, 0.15) is 0 Å². The van der Waals surface area contributed by atoms with Crippen molar-refractivity contribution in [2.45, 2.75) is 20.8 Å². The van der Waals surface area contributed by atoms with Gasteiger partial charge in [-0.3, -0.25) is 4.99 Å². The predicted octanol–water partition coefficient (Wildman–Crippen LogP) is 1.89. The number of rotatable bonds is 1. The highest BCUT2D eigenvalue weighted by molar-refractivity contribution is 5.89. The summed E-state index contributed by atoms with van der Waals surface area (Å²) in [5, 5.41) is 0. The van der Waals surface area contributed by atoms with Crippen molar-refractivity contribution in [3.05, 3.63) is 11.9 Å². The Morgan fingerprint density at radius 3 is 2.64 bits per heavy atom. The zero-order valence-electron chi connectivity index (χ0n) is 7.76. The Hall–Kier alpha value is -0.790. The Balaban J connectivity index is 2.73. The highest BCUT2D eigenvalue weighted by atomic mass is 15.1. The molecule has 0 fully saturated rings. The van der Waals surface area contributed by atoms with E-state index >= 15 is 0 Å². The molecule has 0 aliphatic carbocycles. The Morgan fingerprint density at radius 1 is 1.55 bits per heavy atom. The van der Waals surface area contributed by atoms with Crippen LogP contribution in [-0.4, -0.2) is 24.2 Å². The van der Waals surface area contributed by atoms with Crippen molar-refractivity contribution < 1.29 is 0 Å². The summed E-state index contributed by atoms with van der Waals surface area (Å²) < 4.78 is 0. The van der Waals surface area contributed by atoms with Gasteiger partial charge in [-0.15, -0.1) is 0 Å². The zero-order chi connectivity index (χ0) is 8.43.